The lowest BCUT2D eigenvalue weighted by Crippen LogP contribution is -2.34. The summed E-state index contributed by atoms with van der Waals surface area (Å²) in [4.78, 5) is 26.3. The SMILES string of the molecule is CCCOc1ccc(N2C(=O)C[C@H](Nc3ccc(CCO)cc3)C2=O)cc1. The summed E-state index contributed by atoms with van der Waals surface area (Å²) >= 11 is 0. The Hall–Kier alpha value is -2.86. The Bertz CT molecular complexity index is 787. The van der Waals surface area contributed by atoms with Crippen molar-refractivity contribution < 1.29 is 19.4 Å². The van der Waals surface area contributed by atoms with E-state index in [1.54, 1.807) is 24.3 Å². The monoisotopic (exact) mass is 368 g/mol. The number of nitrogens with one attached hydrogen (secondary N) is 1. The summed E-state index contributed by atoms with van der Waals surface area (Å²) in [7, 11) is 0. The molecule has 0 radical (unpaired) electrons. The van der Waals surface area contributed by atoms with Crippen molar-refractivity contribution in [3.05, 3.63) is 54.1 Å². The van der Waals surface area contributed by atoms with Crippen molar-refractivity contribution in [3.63, 3.8) is 0 Å². The number of hydrogen-bond acceptors (Lipinski definition) is 5. The minimum atomic E-state index is -0.586. The van der Waals surface area contributed by atoms with Gasteiger partial charge in [0.15, 0.2) is 0 Å². The second kappa shape index (κ2) is 8.68. The molecule has 6 nitrogen and oxygen atoms in total. The van der Waals surface area contributed by atoms with Crippen LogP contribution in [0.15, 0.2) is 48.5 Å². The number of ether oxygens (including phenoxy) is 1. The molecule has 0 aliphatic carbocycles. The molecule has 27 heavy (non-hydrogen) atoms. The van der Waals surface area contributed by atoms with Gasteiger partial charge in [-0.2, -0.15) is 0 Å². The van der Waals surface area contributed by atoms with Gasteiger partial charge in [0.05, 0.1) is 18.7 Å². The Balaban J connectivity index is 1.67. The standard InChI is InChI=1S/C21H24N2O4/c1-2-13-27-18-9-7-17(8-10-18)23-20(25)14-19(21(23)26)22-16-5-3-15(4-6-16)11-12-24/h3-10,19,22,24H,2,11-14H2,1H3/t19-/m0/s1. The van der Waals surface area contributed by atoms with Crippen LogP contribution < -0.4 is 15.0 Å². The number of anilines is 2. The lowest BCUT2D eigenvalue weighted by atomic mass is 10.1. The smallest absolute Gasteiger partial charge is 0.256 e. The second-order valence-corrected chi connectivity index (χ2v) is 6.48. The number of amides is 2. The van der Waals surface area contributed by atoms with Crippen LogP contribution in [0.4, 0.5) is 11.4 Å². The minimum absolute atomic E-state index is 0.0968. The maximum atomic E-state index is 12.7. The van der Waals surface area contributed by atoms with Gasteiger partial charge in [0, 0.05) is 12.3 Å². The third-order valence-electron chi connectivity index (χ3n) is 4.41. The van der Waals surface area contributed by atoms with E-state index in [0.29, 0.717) is 18.7 Å². The Morgan fingerprint density at radius 3 is 2.44 bits per heavy atom. The second-order valence-electron chi connectivity index (χ2n) is 6.48. The van der Waals surface area contributed by atoms with Crippen LogP contribution in [0.1, 0.15) is 25.3 Å². The molecule has 0 bridgehead atoms. The molecule has 1 saturated heterocycles. The van der Waals surface area contributed by atoms with Gasteiger partial charge in [-0.05, 0) is 54.8 Å². The van der Waals surface area contributed by atoms with E-state index in [9.17, 15) is 9.59 Å². The molecular weight excluding hydrogens is 344 g/mol. The number of imide groups is 1. The molecule has 3 rings (SSSR count). The predicted molar refractivity (Wildman–Crippen MR) is 104 cm³/mol. The van der Waals surface area contributed by atoms with Crippen molar-refractivity contribution in [1.82, 2.24) is 0 Å². The van der Waals surface area contributed by atoms with Gasteiger partial charge < -0.3 is 15.2 Å². The zero-order valence-corrected chi connectivity index (χ0v) is 15.4. The number of aliphatic hydroxyl groups excluding tert-OH is 1. The third kappa shape index (κ3) is 4.46. The molecule has 2 amide bonds. The van der Waals surface area contributed by atoms with Crippen LogP contribution >= 0.6 is 0 Å². The van der Waals surface area contributed by atoms with E-state index in [-0.39, 0.29) is 24.8 Å². The zero-order valence-electron chi connectivity index (χ0n) is 15.4. The molecule has 0 spiro atoms. The van der Waals surface area contributed by atoms with Crippen molar-refractivity contribution >= 4 is 23.2 Å². The number of rotatable bonds is 8. The average Bonchev–Trinajstić information content (AvgIpc) is 2.95. The van der Waals surface area contributed by atoms with E-state index in [1.165, 1.54) is 4.90 Å². The molecule has 1 atom stereocenters. The van der Waals surface area contributed by atoms with E-state index in [4.69, 9.17) is 9.84 Å². The van der Waals surface area contributed by atoms with E-state index >= 15 is 0 Å². The van der Waals surface area contributed by atoms with Crippen LogP contribution in [0, 0.1) is 0 Å². The number of carbonyl (C=O) groups is 2. The first-order chi connectivity index (χ1) is 13.1. The summed E-state index contributed by atoms with van der Waals surface area (Å²) in [5.41, 5.74) is 2.34. The normalized spacial score (nSPS) is 16.7. The number of benzene rings is 2. The Morgan fingerprint density at radius 1 is 1.11 bits per heavy atom. The van der Waals surface area contributed by atoms with Crippen molar-refractivity contribution in [3.8, 4) is 5.75 Å². The van der Waals surface area contributed by atoms with Gasteiger partial charge in [0.2, 0.25) is 5.91 Å². The van der Waals surface area contributed by atoms with Gasteiger partial charge in [0.1, 0.15) is 11.8 Å². The van der Waals surface area contributed by atoms with Gasteiger partial charge in [-0.15, -0.1) is 0 Å². The van der Waals surface area contributed by atoms with Gasteiger partial charge in [-0.25, -0.2) is 4.90 Å². The molecule has 1 aliphatic rings. The maximum absolute atomic E-state index is 12.7. The van der Waals surface area contributed by atoms with Gasteiger partial charge in [0.25, 0.3) is 5.91 Å². The maximum Gasteiger partial charge on any atom is 0.256 e. The molecule has 2 aromatic rings. The molecule has 1 aliphatic heterocycles. The number of nitrogens with zero attached hydrogens (tertiary/aromatic N) is 1. The highest BCUT2D eigenvalue weighted by molar-refractivity contribution is 6.23. The highest BCUT2D eigenvalue weighted by atomic mass is 16.5. The van der Waals surface area contributed by atoms with Crippen LogP contribution in [-0.4, -0.2) is 36.2 Å². The summed E-state index contributed by atoms with van der Waals surface area (Å²) in [6.07, 6.45) is 1.62. The summed E-state index contributed by atoms with van der Waals surface area (Å²) in [5.74, 6) is 0.232. The fourth-order valence-corrected chi connectivity index (χ4v) is 3.03. The summed E-state index contributed by atoms with van der Waals surface area (Å²) < 4.78 is 5.54. The Kier molecular flexibility index (Phi) is 6.08. The van der Waals surface area contributed by atoms with Crippen molar-refractivity contribution in [2.75, 3.05) is 23.4 Å². The number of aliphatic hydroxyl groups is 1. The first kappa shape index (κ1) is 18.9. The van der Waals surface area contributed by atoms with Crippen LogP contribution in [0.5, 0.6) is 5.75 Å². The summed E-state index contributed by atoms with van der Waals surface area (Å²) in [6.45, 7) is 2.76. The average molecular weight is 368 g/mol. The Labute approximate surface area is 158 Å². The van der Waals surface area contributed by atoms with E-state index in [1.807, 2.05) is 31.2 Å². The van der Waals surface area contributed by atoms with Gasteiger partial charge in [-0.3, -0.25) is 9.59 Å². The highest BCUT2D eigenvalue weighted by Gasteiger charge is 2.39. The molecule has 0 unspecified atom stereocenters. The summed E-state index contributed by atoms with van der Waals surface area (Å²) in [5, 5.41) is 12.1. The zero-order chi connectivity index (χ0) is 19.2. The van der Waals surface area contributed by atoms with Crippen molar-refractivity contribution in [1.29, 1.82) is 0 Å². The van der Waals surface area contributed by atoms with E-state index in [2.05, 4.69) is 5.32 Å². The molecular formula is C21H24N2O4. The first-order valence-electron chi connectivity index (χ1n) is 9.18. The van der Waals surface area contributed by atoms with Crippen LogP contribution in [0.3, 0.4) is 0 Å². The van der Waals surface area contributed by atoms with E-state index < -0.39 is 6.04 Å². The lowest BCUT2D eigenvalue weighted by Gasteiger charge is -2.17. The van der Waals surface area contributed by atoms with Crippen LogP contribution in [0.25, 0.3) is 0 Å². The highest BCUT2D eigenvalue weighted by Crippen LogP contribution is 2.27. The van der Waals surface area contributed by atoms with Gasteiger partial charge >= 0.3 is 0 Å². The number of hydrogen-bond donors (Lipinski definition) is 2. The molecule has 1 fully saturated rings. The van der Waals surface area contributed by atoms with Crippen LogP contribution in [0.2, 0.25) is 0 Å². The summed E-state index contributed by atoms with van der Waals surface area (Å²) in [6, 6.07) is 13.9. The number of carbonyl (C=O) groups excluding carboxylic acids is 2. The lowest BCUT2D eigenvalue weighted by molar-refractivity contribution is -0.121. The first-order valence-corrected chi connectivity index (χ1v) is 9.18. The van der Waals surface area contributed by atoms with Crippen molar-refractivity contribution in [2.24, 2.45) is 0 Å². The molecule has 1 heterocycles. The largest absolute Gasteiger partial charge is 0.494 e. The fourth-order valence-electron chi connectivity index (χ4n) is 3.03. The fraction of sp³-hybridized carbons (Fsp3) is 0.333. The van der Waals surface area contributed by atoms with Gasteiger partial charge in [-0.1, -0.05) is 19.1 Å². The molecule has 6 heteroatoms. The quantitative estimate of drug-likeness (QED) is 0.701. The third-order valence-corrected chi connectivity index (χ3v) is 4.41. The van der Waals surface area contributed by atoms with E-state index in [0.717, 1.165) is 23.4 Å². The molecule has 0 saturated carbocycles. The molecule has 2 N–H and O–H groups in total. The Morgan fingerprint density at radius 2 is 1.81 bits per heavy atom. The molecule has 0 aromatic heterocycles. The predicted octanol–water partition coefficient (Wildman–Crippen LogP) is 2.75. The topological polar surface area (TPSA) is 78.9 Å². The minimum Gasteiger partial charge on any atom is -0.494 e. The molecule has 2 aromatic carbocycles. The van der Waals surface area contributed by atoms with Crippen LogP contribution in [-0.2, 0) is 16.0 Å². The molecule has 142 valence electrons. The van der Waals surface area contributed by atoms with Crippen molar-refractivity contribution in [2.45, 2.75) is 32.2 Å².